The van der Waals surface area contributed by atoms with E-state index in [2.05, 4.69) is 25.6 Å². The number of hydrogen-bond donors (Lipinski definition) is 1. The van der Waals surface area contributed by atoms with Crippen LogP contribution in [0.5, 0.6) is 0 Å². The Labute approximate surface area is 112 Å². The molecule has 0 aliphatic carbocycles. The van der Waals surface area contributed by atoms with Gasteiger partial charge in [0.25, 0.3) is 10.0 Å². The van der Waals surface area contributed by atoms with E-state index in [9.17, 15) is 12.8 Å². The molecule has 1 heterocycles. The minimum absolute atomic E-state index is 0.0345. The maximum Gasteiger partial charge on any atom is 0.263 e. The van der Waals surface area contributed by atoms with E-state index in [1.807, 2.05) is 0 Å². The van der Waals surface area contributed by atoms with Gasteiger partial charge < -0.3 is 0 Å². The Morgan fingerprint density at radius 1 is 1.28 bits per heavy atom. The van der Waals surface area contributed by atoms with E-state index in [4.69, 9.17) is 0 Å². The van der Waals surface area contributed by atoms with Crippen molar-refractivity contribution < 1.29 is 12.8 Å². The molecule has 0 bridgehead atoms. The van der Waals surface area contributed by atoms with Gasteiger partial charge >= 0.3 is 0 Å². The minimum Gasteiger partial charge on any atom is -0.278 e. The minimum atomic E-state index is -3.76. The summed E-state index contributed by atoms with van der Waals surface area (Å²) in [5.41, 5.74) is 0.341. The SMILES string of the molecule is O=S(=O)(Nc1cccnc1)c1ccc(F)cc1Br. The summed E-state index contributed by atoms with van der Waals surface area (Å²) >= 11 is 3.02. The van der Waals surface area contributed by atoms with Gasteiger partial charge in [-0.05, 0) is 46.3 Å². The van der Waals surface area contributed by atoms with Gasteiger partial charge in [0.15, 0.2) is 0 Å². The van der Waals surface area contributed by atoms with Gasteiger partial charge in [-0.25, -0.2) is 12.8 Å². The summed E-state index contributed by atoms with van der Waals surface area (Å²) in [6.45, 7) is 0. The molecule has 0 saturated heterocycles. The maximum atomic E-state index is 12.9. The second kappa shape index (κ2) is 5.03. The van der Waals surface area contributed by atoms with Crippen molar-refractivity contribution in [3.63, 3.8) is 0 Å². The largest absolute Gasteiger partial charge is 0.278 e. The first kappa shape index (κ1) is 13.0. The van der Waals surface area contributed by atoms with E-state index in [1.165, 1.54) is 18.5 Å². The first-order chi connectivity index (χ1) is 8.49. The molecule has 0 aliphatic rings. The lowest BCUT2D eigenvalue weighted by atomic mass is 10.3. The van der Waals surface area contributed by atoms with E-state index in [-0.39, 0.29) is 9.37 Å². The molecule has 1 aromatic heterocycles. The fourth-order valence-corrected chi connectivity index (χ4v) is 3.42. The summed E-state index contributed by atoms with van der Waals surface area (Å²) in [5.74, 6) is -0.512. The molecule has 0 amide bonds. The van der Waals surface area contributed by atoms with Crippen molar-refractivity contribution in [3.05, 3.63) is 53.0 Å². The predicted molar refractivity (Wildman–Crippen MR) is 69.1 cm³/mol. The van der Waals surface area contributed by atoms with Gasteiger partial charge in [0, 0.05) is 10.7 Å². The number of rotatable bonds is 3. The lowest BCUT2D eigenvalue weighted by molar-refractivity contribution is 0.599. The first-order valence-corrected chi connectivity index (χ1v) is 7.14. The van der Waals surface area contributed by atoms with Gasteiger partial charge in [0.1, 0.15) is 10.7 Å². The zero-order valence-corrected chi connectivity index (χ0v) is 11.4. The number of sulfonamides is 1. The van der Waals surface area contributed by atoms with E-state index in [0.29, 0.717) is 5.69 Å². The third-order valence-corrected chi connectivity index (χ3v) is 4.46. The first-order valence-electron chi connectivity index (χ1n) is 4.87. The van der Waals surface area contributed by atoms with Crippen molar-refractivity contribution in [1.29, 1.82) is 0 Å². The highest BCUT2D eigenvalue weighted by Gasteiger charge is 2.18. The van der Waals surface area contributed by atoms with Crippen LogP contribution in [-0.4, -0.2) is 13.4 Å². The number of anilines is 1. The summed E-state index contributed by atoms with van der Waals surface area (Å²) < 4.78 is 39.5. The molecule has 7 heteroatoms. The van der Waals surface area contributed by atoms with Gasteiger partial charge in [-0.3, -0.25) is 9.71 Å². The van der Waals surface area contributed by atoms with E-state index < -0.39 is 15.8 Å². The van der Waals surface area contributed by atoms with Gasteiger partial charge in [-0.15, -0.1) is 0 Å². The standard InChI is InChI=1S/C11H8BrFN2O2S/c12-10-6-8(13)3-4-11(10)18(16,17)15-9-2-1-5-14-7-9/h1-7,15H. The number of nitrogens with zero attached hydrogens (tertiary/aromatic N) is 1. The molecule has 94 valence electrons. The van der Waals surface area contributed by atoms with Crippen molar-refractivity contribution in [2.75, 3.05) is 4.72 Å². The van der Waals surface area contributed by atoms with Crippen molar-refractivity contribution in [1.82, 2.24) is 4.98 Å². The van der Waals surface area contributed by atoms with Crippen LogP contribution >= 0.6 is 15.9 Å². The summed E-state index contributed by atoms with van der Waals surface area (Å²) in [6.07, 6.45) is 2.92. The molecule has 0 unspecified atom stereocenters. The van der Waals surface area contributed by atoms with Gasteiger partial charge in [0.05, 0.1) is 11.9 Å². The molecule has 1 aromatic carbocycles. The Morgan fingerprint density at radius 3 is 2.67 bits per heavy atom. The van der Waals surface area contributed by atoms with E-state index in [1.54, 1.807) is 12.1 Å². The molecule has 0 atom stereocenters. The summed E-state index contributed by atoms with van der Waals surface area (Å²) in [6, 6.07) is 6.55. The van der Waals surface area contributed by atoms with Crippen LogP contribution in [0.3, 0.4) is 0 Å². The van der Waals surface area contributed by atoms with Crippen LogP contribution in [0, 0.1) is 5.82 Å². The van der Waals surface area contributed by atoms with Crippen molar-refractivity contribution in [2.45, 2.75) is 4.90 Å². The van der Waals surface area contributed by atoms with Gasteiger partial charge in [-0.2, -0.15) is 0 Å². The molecular weight excluding hydrogens is 323 g/mol. The number of benzene rings is 1. The monoisotopic (exact) mass is 330 g/mol. The average Bonchev–Trinajstić information content (AvgIpc) is 2.29. The molecule has 0 saturated carbocycles. The topological polar surface area (TPSA) is 59.1 Å². The molecule has 4 nitrogen and oxygen atoms in total. The quantitative estimate of drug-likeness (QED) is 0.941. The number of aromatic nitrogens is 1. The highest BCUT2D eigenvalue weighted by atomic mass is 79.9. The van der Waals surface area contributed by atoms with Crippen LogP contribution in [0.2, 0.25) is 0 Å². The Balaban J connectivity index is 2.37. The fourth-order valence-electron chi connectivity index (χ4n) is 1.33. The highest BCUT2D eigenvalue weighted by molar-refractivity contribution is 9.10. The Kier molecular flexibility index (Phi) is 3.63. The Hall–Kier alpha value is -1.47. The third-order valence-electron chi connectivity index (χ3n) is 2.10. The van der Waals surface area contributed by atoms with Crippen LogP contribution in [0.15, 0.2) is 52.1 Å². The van der Waals surface area contributed by atoms with Crippen molar-refractivity contribution >= 4 is 31.6 Å². The lowest BCUT2D eigenvalue weighted by Crippen LogP contribution is -2.13. The second-order valence-electron chi connectivity index (χ2n) is 3.42. The third kappa shape index (κ3) is 2.85. The number of hydrogen-bond acceptors (Lipinski definition) is 3. The van der Waals surface area contributed by atoms with Crippen LogP contribution in [0.1, 0.15) is 0 Å². The fraction of sp³-hybridized carbons (Fsp3) is 0. The Morgan fingerprint density at radius 2 is 2.06 bits per heavy atom. The second-order valence-corrected chi connectivity index (χ2v) is 5.93. The number of pyridine rings is 1. The van der Waals surface area contributed by atoms with Crippen LogP contribution < -0.4 is 4.72 Å². The molecule has 0 radical (unpaired) electrons. The van der Waals surface area contributed by atoms with E-state index in [0.717, 1.165) is 12.1 Å². The molecule has 18 heavy (non-hydrogen) atoms. The molecule has 2 rings (SSSR count). The lowest BCUT2D eigenvalue weighted by Gasteiger charge is -2.09. The van der Waals surface area contributed by atoms with Crippen LogP contribution in [0.25, 0.3) is 0 Å². The predicted octanol–water partition coefficient (Wildman–Crippen LogP) is 2.78. The molecule has 1 N–H and O–H groups in total. The molecule has 0 aliphatic heterocycles. The van der Waals surface area contributed by atoms with Crippen LogP contribution in [-0.2, 0) is 10.0 Å². The number of nitrogens with one attached hydrogen (secondary N) is 1. The van der Waals surface area contributed by atoms with E-state index >= 15 is 0 Å². The molecular formula is C11H8BrFN2O2S. The summed E-state index contributed by atoms with van der Waals surface area (Å²) in [7, 11) is -3.76. The van der Waals surface area contributed by atoms with Crippen molar-refractivity contribution in [2.24, 2.45) is 0 Å². The van der Waals surface area contributed by atoms with Crippen molar-refractivity contribution in [3.8, 4) is 0 Å². The summed E-state index contributed by atoms with van der Waals surface area (Å²) in [5, 5.41) is 0. The zero-order valence-electron chi connectivity index (χ0n) is 8.97. The molecule has 0 fully saturated rings. The van der Waals surface area contributed by atoms with Crippen LogP contribution in [0.4, 0.5) is 10.1 Å². The molecule has 2 aromatic rings. The number of halogens is 2. The maximum absolute atomic E-state index is 12.9. The smallest absolute Gasteiger partial charge is 0.263 e. The normalized spacial score (nSPS) is 11.2. The average molecular weight is 331 g/mol. The van der Waals surface area contributed by atoms with Gasteiger partial charge in [0.2, 0.25) is 0 Å². The zero-order chi connectivity index (χ0) is 13.2. The van der Waals surface area contributed by atoms with Gasteiger partial charge in [-0.1, -0.05) is 0 Å². The molecule has 0 spiro atoms. The summed E-state index contributed by atoms with van der Waals surface area (Å²) in [4.78, 5) is 3.77. The Bertz CT molecular complexity index is 662. The highest BCUT2D eigenvalue weighted by Crippen LogP contribution is 2.24.